The Labute approximate surface area is 47.6 Å². The lowest BCUT2D eigenvalue weighted by Crippen LogP contribution is -2.00. The lowest BCUT2D eigenvalue weighted by Gasteiger charge is -1.80. The van der Waals surface area contributed by atoms with Crippen molar-refractivity contribution in [3.63, 3.8) is 0 Å². The Balaban J connectivity index is 0. The monoisotopic (exact) mass is 125 g/mol. The molecule has 0 rings (SSSR count). The molecule has 0 amide bonds. The van der Waals surface area contributed by atoms with Crippen LogP contribution in [0.1, 0.15) is 0 Å². The van der Waals surface area contributed by atoms with Gasteiger partial charge in [-0.05, 0) is 11.6 Å². The second-order valence-corrected chi connectivity index (χ2v) is 0.676. The van der Waals surface area contributed by atoms with Crippen molar-refractivity contribution in [3.8, 4) is 0 Å². The number of hydroxylamine groups is 1. The molecule has 7 heavy (non-hydrogen) atoms. The third kappa shape index (κ3) is 114. The highest BCUT2D eigenvalue weighted by molar-refractivity contribution is 6.54. The van der Waals surface area contributed by atoms with Gasteiger partial charge in [0, 0.05) is 7.05 Å². The molecule has 0 bridgehead atoms. The van der Waals surface area contributed by atoms with Gasteiger partial charge in [-0.1, -0.05) is 0 Å². The van der Waals surface area contributed by atoms with Crippen LogP contribution in [0.5, 0.6) is 0 Å². The average molecular weight is 126 g/mol. The smallest absolute Gasteiger partial charge is 0.208 e. The lowest BCUT2D eigenvalue weighted by atomic mass is 11.5. The third-order valence-electron chi connectivity index (χ3n) is 0.204. The predicted molar refractivity (Wildman–Crippen MR) is 28.7 cm³/mol. The van der Waals surface area contributed by atoms with Gasteiger partial charge in [-0.2, -0.15) is 0 Å². The first kappa shape index (κ1) is 9.99. The number of nitrogens with one attached hydrogen (secondary N) is 1. The largest absolute Gasteiger partial charge is 0.305 e. The summed E-state index contributed by atoms with van der Waals surface area (Å²) in [6.45, 7) is 0. The highest BCUT2D eigenvalue weighted by atomic mass is 35.5. The van der Waals surface area contributed by atoms with Gasteiger partial charge >= 0.3 is 0 Å². The Kier molecular flexibility index (Phi) is 24.1. The Hall–Kier alpha value is -0.120. The van der Waals surface area contributed by atoms with Gasteiger partial charge in [0.05, 0.1) is 7.11 Å². The van der Waals surface area contributed by atoms with Crippen molar-refractivity contribution in [2.24, 2.45) is 0 Å². The van der Waals surface area contributed by atoms with Gasteiger partial charge in [0.1, 0.15) is 0 Å². The van der Waals surface area contributed by atoms with Crippen LogP contribution >= 0.6 is 11.6 Å². The van der Waals surface area contributed by atoms with E-state index in [1.807, 2.05) is 0 Å². The number of halogens is 1. The number of carbonyl (C=O) groups excluding carboxylic acids is 1. The zero-order chi connectivity index (χ0) is 6.12. The summed E-state index contributed by atoms with van der Waals surface area (Å²) in [6, 6.07) is 0. The van der Waals surface area contributed by atoms with Crippen LogP contribution in [0, 0.1) is 0 Å². The van der Waals surface area contributed by atoms with E-state index >= 15 is 0 Å². The van der Waals surface area contributed by atoms with E-state index in [0.717, 1.165) is 0 Å². The molecule has 0 aromatic carbocycles. The molecule has 0 aliphatic heterocycles. The molecule has 0 saturated carbocycles. The predicted octanol–water partition coefficient (Wildman–Crippen LogP) is 0.183. The van der Waals surface area contributed by atoms with Gasteiger partial charge in [0.15, 0.2) is 0 Å². The molecule has 0 fully saturated rings. The van der Waals surface area contributed by atoms with E-state index in [1.165, 1.54) is 0 Å². The SMILES string of the molecule is CNOC.O=CCl. The molecule has 0 unspecified atom stereocenters. The van der Waals surface area contributed by atoms with E-state index in [9.17, 15) is 0 Å². The summed E-state index contributed by atoms with van der Waals surface area (Å²) in [7, 11) is 3.28. The Morgan fingerprint density at radius 3 is 2.00 bits per heavy atom. The summed E-state index contributed by atoms with van der Waals surface area (Å²) < 4.78 is 0. The minimum atomic E-state index is 0.222. The van der Waals surface area contributed by atoms with Crippen LogP contribution in [0.25, 0.3) is 0 Å². The fourth-order valence-electron chi connectivity index (χ4n) is 0. The van der Waals surface area contributed by atoms with Gasteiger partial charge in [-0.15, -0.1) is 0 Å². The molecule has 0 radical (unpaired) electrons. The first-order chi connectivity index (χ1) is 3.33. The van der Waals surface area contributed by atoms with E-state index in [0.29, 0.717) is 0 Å². The Morgan fingerprint density at radius 2 is 2.00 bits per heavy atom. The van der Waals surface area contributed by atoms with Gasteiger partial charge < -0.3 is 4.84 Å². The molecular weight excluding hydrogens is 117 g/mol. The first-order valence-electron chi connectivity index (χ1n) is 1.57. The van der Waals surface area contributed by atoms with E-state index in [-0.39, 0.29) is 5.75 Å². The molecule has 0 spiro atoms. The summed E-state index contributed by atoms with van der Waals surface area (Å²) in [5.41, 5.74) is 2.43. The fraction of sp³-hybridized carbons (Fsp3) is 0.667. The molecule has 0 aliphatic rings. The molecular formula is C3H8ClNO2. The van der Waals surface area contributed by atoms with Crippen LogP contribution in [0.2, 0.25) is 0 Å². The molecule has 1 N–H and O–H groups in total. The summed E-state index contributed by atoms with van der Waals surface area (Å²) in [4.78, 5) is 12.9. The van der Waals surface area contributed by atoms with E-state index in [2.05, 4.69) is 21.9 Å². The van der Waals surface area contributed by atoms with Gasteiger partial charge in [0.2, 0.25) is 5.75 Å². The standard InChI is InChI=1S/C2H7NO.CHClO/c1-3-4-2;2-1-3/h3H,1-2H3;1H. The van der Waals surface area contributed by atoms with Crippen LogP contribution < -0.4 is 5.48 Å². The van der Waals surface area contributed by atoms with Gasteiger partial charge in [-0.3, -0.25) is 4.79 Å². The van der Waals surface area contributed by atoms with Crippen LogP contribution in [0.4, 0.5) is 0 Å². The molecule has 0 aliphatic carbocycles. The topological polar surface area (TPSA) is 38.3 Å². The summed E-state index contributed by atoms with van der Waals surface area (Å²) in [5.74, 6) is 0.222. The van der Waals surface area contributed by atoms with E-state index in [4.69, 9.17) is 4.79 Å². The van der Waals surface area contributed by atoms with Gasteiger partial charge in [-0.25, -0.2) is 5.48 Å². The van der Waals surface area contributed by atoms with Crippen LogP contribution in [0.3, 0.4) is 0 Å². The minimum absolute atomic E-state index is 0.222. The molecule has 0 aromatic heterocycles. The molecule has 0 aromatic rings. The zero-order valence-electron chi connectivity index (χ0n) is 4.27. The lowest BCUT2D eigenvalue weighted by molar-refractivity contribution is 0.112. The van der Waals surface area contributed by atoms with E-state index in [1.54, 1.807) is 14.2 Å². The third-order valence-corrected chi connectivity index (χ3v) is 0.204. The van der Waals surface area contributed by atoms with Crippen molar-refractivity contribution in [3.05, 3.63) is 0 Å². The quantitative estimate of drug-likeness (QED) is 0.309. The molecule has 0 saturated heterocycles. The van der Waals surface area contributed by atoms with Crippen LogP contribution in [-0.4, -0.2) is 19.9 Å². The first-order valence-corrected chi connectivity index (χ1v) is 2.00. The van der Waals surface area contributed by atoms with Crippen molar-refractivity contribution in [1.82, 2.24) is 5.48 Å². The Morgan fingerprint density at radius 1 is 1.86 bits per heavy atom. The second-order valence-electron chi connectivity index (χ2n) is 0.497. The molecule has 44 valence electrons. The second kappa shape index (κ2) is 16.9. The van der Waals surface area contributed by atoms with Crippen molar-refractivity contribution < 1.29 is 9.63 Å². The van der Waals surface area contributed by atoms with Crippen molar-refractivity contribution in [2.75, 3.05) is 14.2 Å². The maximum Gasteiger partial charge on any atom is 0.208 e. The highest BCUT2D eigenvalue weighted by Gasteiger charge is 1.45. The zero-order valence-corrected chi connectivity index (χ0v) is 5.03. The number of rotatable bonds is 1. The van der Waals surface area contributed by atoms with Crippen molar-refractivity contribution in [2.45, 2.75) is 0 Å². The molecule has 3 nitrogen and oxygen atoms in total. The molecule has 0 atom stereocenters. The maximum atomic E-state index is 8.57. The number of carbonyl (C=O) groups is 1. The van der Waals surface area contributed by atoms with Crippen molar-refractivity contribution >= 4 is 17.3 Å². The van der Waals surface area contributed by atoms with Crippen molar-refractivity contribution in [1.29, 1.82) is 0 Å². The maximum absolute atomic E-state index is 8.57. The van der Waals surface area contributed by atoms with Crippen LogP contribution in [0.15, 0.2) is 0 Å². The number of hydrogen-bond acceptors (Lipinski definition) is 3. The fourth-order valence-corrected chi connectivity index (χ4v) is 0. The average Bonchev–Trinajstić information content (AvgIpc) is 1.69. The summed E-state index contributed by atoms with van der Waals surface area (Å²) in [5, 5.41) is 0. The Bertz CT molecular complexity index is 32.1. The van der Waals surface area contributed by atoms with E-state index < -0.39 is 0 Å². The molecule has 0 heterocycles. The highest BCUT2D eigenvalue weighted by Crippen LogP contribution is 1.42. The minimum Gasteiger partial charge on any atom is -0.305 e. The summed E-state index contributed by atoms with van der Waals surface area (Å²) >= 11 is 4.32. The molecule has 4 heteroatoms. The normalized spacial score (nSPS) is 6.14. The number of hydrogen-bond donors (Lipinski definition) is 1. The van der Waals surface area contributed by atoms with Crippen LogP contribution in [-0.2, 0) is 9.63 Å². The summed E-state index contributed by atoms with van der Waals surface area (Å²) in [6.07, 6.45) is 0. The van der Waals surface area contributed by atoms with Gasteiger partial charge in [0.25, 0.3) is 0 Å².